The topological polar surface area (TPSA) is 58.1 Å². The molecule has 0 unspecified atom stereocenters. The van der Waals surface area contributed by atoms with Crippen molar-refractivity contribution in [2.45, 2.75) is 20.4 Å². The highest BCUT2D eigenvalue weighted by molar-refractivity contribution is 5.39. The van der Waals surface area contributed by atoms with E-state index in [0.29, 0.717) is 11.4 Å². The molecule has 19 heavy (non-hydrogen) atoms. The molecular formula is C12H12F2N3O2+. The number of aryl methyl sites for hydroxylation is 1. The standard InChI is InChI=1S/C12H12F2N3O2/c1-7-12(17(18)19)8(2)16(15-7)6-9-3-4-10(13)5-11(9)14/h3-5H,6H2,1-2H3,(H,18,19)/q+1. The van der Waals surface area contributed by atoms with Crippen LogP contribution < -0.4 is 0 Å². The first-order valence-corrected chi connectivity index (χ1v) is 5.54. The van der Waals surface area contributed by atoms with Gasteiger partial charge in [-0.25, -0.2) is 14.0 Å². The Morgan fingerprint density at radius 3 is 2.58 bits per heavy atom. The number of benzene rings is 1. The molecule has 1 aromatic carbocycles. The van der Waals surface area contributed by atoms with Gasteiger partial charge in [-0.2, -0.15) is 5.10 Å². The third-order valence-corrected chi connectivity index (χ3v) is 2.87. The van der Waals surface area contributed by atoms with E-state index < -0.39 is 11.6 Å². The van der Waals surface area contributed by atoms with Crippen LogP contribution in [-0.2, 0) is 6.54 Å². The first kappa shape index (κ1) is 13.1. The molecule has 0 saturated heterocycles. The Bertz CT molecular complexity index is 653. The van der Waals surface area contributed by atoms with Gasteiger partial charge in [0.15, 0.2) is 0 Å². The van der Waals surface area contributed by atoms with Gasteiger partial charge in [-0.05, 0) is 19.9 Å². The molecule has 2 rings (SSSR count). The summed E-state index contributed by atoms with van der Waals surface area (Å²) >= 11 is 0. The number of nitrogens with zero attached hydrogens (tertiary/aromatic N) is 3. The molecule has 0 radical (unpaired) electrons. The molecule has 0 saturated carbocycles. The second-order valence-corrected chi connectivity index (χ2v) is 4.19. The smallest absolute Gasteiger partial charge is 0.258 e. The van der Waals surface area contributed by atoms with Crippen molar-refractivity contribution < 1.29 is 18.9 Å². The monoisotopic (exact) mass is 268 g/mol. The fourth-order valence-electron chi connectivity index (χ4n) is 1.93. The summed E-state index contributed by atoms with van der Waals surface area (Å²) in [4.78, 5) is 10.7. The van der Waals surface area contributed by atoms with E-state index in [1.807, 2.05) is 0 Å². The minimum Gasteiger partial charge on any atom is -0.258 e. The molecule has 0 atom stereocenters. The van der Waals surface area contributed by atoms with Crippen LogP contribution in [0.25, 0.3) is 0 Å². The minimum atomic E-state index is -0.683. The van der Waals surface area contributed by atoms with Crippen LogP contribution in [0.3, 0.4) is 0 Å². The van der Waals surface area contributed by atoms with E-state index >= 15 is 0 Å². The summed E-state index contributed by atoms with van der Waals surface area (Å²) < 4.78 is 27.7. The zero-order valence-corrected chi connectivity index (χ0v) is 10.4. The maximum absolute atomic E-state index is 13.5. The van der Waals surface area contributed by atoms with Crippen molar-refractivity contribution in [3.05, 3.63) is 51.7 Å². The predicted molar refractivity (Wildman–Crippen MR) is 62.2 cm³/mol. The van der Waals surface area contributed by atoms with E-state index in [-0.39, 0.29) is 22.7 Å². The predicted octanol–water partition coefficient (Wildman–Crippen LogP) is 2.63. The van der Waals surface area contributed by atoms with Gasteiger partial charge >= 0.3 is 5.69 Å². The van der Waals surface area contributed by atoms with Gasteiger partial charge < -0.3 is 0 Å². The summed E-state index contributed by atoms with van der Waals surface area (Å²) in [6, 6.07) is 3.25. The zero-order valence-electron chi connectivity index (χ0n) is 10.4. The van der Waals surface area contributed by atoms with E-state index in [4.69, 9.17) is 5.21 Å². The summed E-state index contributed by atoms with van der Waals surface area (Å²) in [5, 5.41) is 13.0. The third-order valence-electron chi connectivity index (χ3n) is 2.87. The first-order chi connectivity index (χ1) is 8.90. The normalized spacial score (nSPS) is 10.7. The molecule has 0 bridgehead atoms. The number of aromatic nitrogens is 2. The van der Waals surface area contributed by atoms with Gasteiger partial charge in [-0.1, -0.05) is 6.07 Å². The quantitative estimate of drug-likeness (QED) is 0.870. The third kappa shape index (κ3) is 2.44. The molecule has 0 aliphatic rings. The van der Waals surface area contributed by atoms with Gasteiger partial charge in [-0.15, -0.1) is 0 Å². The van der Waals surface area contributed by atoms with Gasteiger partial charge in [0.25, 0.3) is 4.92 Å². The van der Waals surface area contributed by atoms with Crippen LogP contribution in [0.4, 0.5) is 14.5 Å². The summed E-state index contributed by atoms with van der Waals surface area (Å²) in [7, 11) is 0. The molecule has 1 aromatic heterocycles. The van der Waals surface area contributed by atoms with Gasteiger partial charge in [0.05, 0.1) is 11.5 Å². The summed E-state index contributed by atoms with van der Waals surface area (Å²) in [6.45, 7) is 3.19. The van der Waals surface area contributed by atoms with Crippen LogP contribution in [0.2, 0.25) is 0 Å². The fourth-order valence-corrected chi connectivity index (χ4v) is 1.93. The van der Waals surface area contributed by atoms with Gasteiger partial charge in [0, 0.05) is 11.6 Å². The summed E-state index contributed by atoms with van der Waals surface area (Å²) in [5.74, 6) is -1.34. The van der Waals surface area contributed by atoms with Crippen molar-refractivity contribution in [1.29, 1.82) is 0 Å². The molecule has 0 amide bonds. The average molecular weight is 268 g/mol. The van der Waals surface area contributed by atoms with Gasteiger partial charge in [-0.3, -0.25) is 4.68 Å². The Labute approximate surface area is 107 Å². The molecule has 1 N–H and O–H groups in total. The van der Waals surface area contributed by atoms with E-state index in [1.165, 1.54) is 10.7 Å². The van der Waals surface area contributed by atoms with Crippen LogP contribution in [-0.4, -0.2) is 19.9 Å². The molecule has 0 aliphatic carbocycles. The van der Waals surface area contributed by atoms with Gasteiger partial charge in [0.1, 0.15) is 23.0 Å². The lowest BCUT2D eigenvalue weighted by Crippen LogP contribution is -2.06. The Hall–Kier alpha value is -2.31. The lowest BCUT2D eigenvalue weighted by Gasteiger charge is -2.05. The van der Waals surface area contributed by atoms with E-state index in [9.17, 15) is 13.7 Å². The van der Waals surface area contributed by atoms with Crippen LogP contribution in [0, 0.1) is 30.4 Å². The minimum absolute atomic E-state index is 0.0301. The summed E-state index contributed by atoms with van der Waals surface area (Å²) in [6.07, 6.45) is 0. The van der Waals surface area contributed by atoms with Crippen LogP contribution in [0.1, 0.15) is 17.0 Å². The molecule has 0 aliphatic heterocycles. The molecule has 0 fully saturated rings. The first-order valence-electron chi connectivity index (χ1n) is 5.54. The maximum Gasteiger partial charge on any atom is 0.359 e. The van der Waals surface area contributed by atoms with Crippen molar-refractivity contribution in [3.8, 4) is 0 Å². The maximum atomic E-state index is 13.5. The fraction of sp³-hybridized carbons (Fsp3) is 0.250. The van der Waals surface area contributed by atoms with E-state index in [1.54, 1.807) is 13.8 Å². The molecule has 5 nitrogen and oxygen atoms in total. The van der Waals surface area contributed by atoms with Crippen LogP contribution >= 0.6 is 0 Å². The highest BCUT2D eigenvalue weighted by atomic mass is 19.1. The van der Waals surface area contributed by atoms with Crippen molar-refractivity contribution in [2.24, 2.45) is 0 Å². The number of rotatable bonds is 3. The Morgan fingerprint density at radius 1 is 1.37 bits per heavy atom. The molecule has 2 aromatic rings. The number of halogens is 2. The van der Waals surface area contributed by atoms with E-state index in [0.717, 1.165) is 12.1 Å². The summed E-state index contributed by atoms with van der Waals surface area (Å²) in [5.41, 5.74) is 1.01. The van der Waals surface area contributed by atoms with Crippen molar-refractivity contribution in [3.63, 3.8) is 0 Å². The molecule has 0 spiro atoms. The van der Waals surface area contributed by atoms with Gasteiger partial charge in [0.2, 0.25) is 0 Å². The molecule has 7 heteroatoms. The Kier molecular flexibility index (Phi) is 3.28. The second-order valence-electron chi connectivity index (χ2n) is 4.19. The average Bonchev–Trinajstić information content (AvgIpc) is 2.58. The van der Waals surface area contributed by atoms with Crippen molar-refractivity contribution >= 4 is 5.69 Å². The largest absolute Gasteiger partial charge is 0.359 e. The van der Waals surface area contributed by atoms with Crippen LogP contribution in [0.15, 0.2) is 18.2 Å². The van der Waals surface area contributed by atoms with E-state index in [2.05, 4.69) is 5.10 Å². The Balaban J connectivity index is 2.39. The second kappa shape index (κ2) is 4.75. The lowest BCUT2D eigenvalue weighted by atomic mass is 10.2. The number of hydrogen-bond acceptors (Lipinski definition) is 2. The zero-order chi connectivity index (χ0) is 14.2. The number of hydrogen-bond donors (Lipinski definition) is 1. The lowest BCUT2D eigenvalue weighted by molar-refractivity contribution is -0.730. The highest BCUT2D eigenvalue weighted by Gasteiger charge is 2.26. The SMILES string of the molecule is Cc1nn(Cc2ccc(F)cc2F)c(C)c1[N+](=O)O. The molecule has 1 heterocycles. The molecular weight excluding hydrogens is 256 g/mol. The molecule has 100 valence electrons. The van der Waals surface area contributed by atoms with Crippen LogP contribution in [0.5, 0.6) is 0 Å². The highest BCUT2D eigenvalue weighted by Crippen LogP contribution is 2.22. The Morgan fingerprint density at radius 2 is 2.05 bits per heavy atom. The van der Waals surface area contributed by atoms with Crippen molar-refractivity contribution in [2.75, 3.05) is 0 Å². The van der Waals surface area contributed by atoms with Crippen molar-refractivity contribution in [1.82, 2.24) is 9.78 Å².